The first kappa shape index (κ1) is 16.8. The molecule has 0 spiro atoms. The van der Waals surface area contributed by atoms with Gasteiger partial charge in [-0.25, -0.2) is 0 Å². The number of morpholine rings is 1. The Morgan fingerprint density at radius 3 is 2.58 bits per heavy atom. The molecule has 0 bridgehead atoms. The lowest BCUT2D eigenvalue weighted by atomic mass is 10.1. The van der Waals surface area contributed by atoms with Gasteiger partial charge in [0.1, 0.15) is 12.4 Å². The number of hydrogen-bond donors (Lipinski definition) is 0. The quantitative estimate of drug-likeness (QED) is 0.846. The molecule has 126 valence electrons. The van der Waals surface area contributed by atoms with E-state index in [-0.39, 0.29) is 12.0 Å². The van der Waals surface area contributed by atoms with Gasteiger partial charge in [-0.15, -0.1) is 0 Å². The minimum atomic E-state index is 0.0512. The zero-order valence-electron chi connectivity index (χ0n) is 13.6. The number of hydrogen-bond acceptors (Lipinski definition) is 3. The lowest BCUT2D eigenvalue weighted by Gasteiger charge is -2.31. The van der Waals surface area contributed by atoms with Crippen molar-refractivity contribution < 1.29 is 14.3 Å². The van der Waals surface area contributed by atoms with E-state index in [9.17, 15) is 4.79 Å². The molecule has 1 saturated heterocycles. The van der Waals surface area contributed by atoms with E-state index in [2.05, 4.69) is 0 Å². The van der Waals surface area contributed by atoms with Crippen LogP contribution in [-0.2, 0) is 11.3 Å². The minimum absolute atomic E-state index is 0.0512. The number of nitrogens with zero attached hydrogens (tertiary/aromatic N) is 1. The molecule has 1 aliphatic heterocycles. The van der Waals surface area contributed by atoms with Crippen molar-refractivity contribution in [1.29, 1.82) is 0 Å². The molecule has 3 rings (SSSR count). The average molecular weight is 346 g/mol. The SMILES string of the molecule is CC1CN(C(=O)c2ccc(COc3ccc(Cl)cc3)cc2)CCO1. The molecule has 2 aromatic carbocycles. The van der Waals surface area contributed by atoms with Gasteiger partial charge in [0.25, 0.3) is 5.91 Å². The van der Waals surface area contributed by atoms with Gasteiger partial charge < -0.3 is 14.4 Å². The molecule has 0 aromatic heterocycles. The Balaban J connectivity index is 1.58. The lowest BCUT2D eigenvalue weighted by Crippen LogP contribution is -2.44. The molecule has 4 nitrogen and oxygen atoms in total. The summed E-state index contributed by atoms with van der Waals surface area (Å²) >= 11 is 5.85. The van der Waals surface area contributed by atoms with E-state index < -0.39 is 0 Å². The molecule has 0 radical (unpaired) electrons. The Morgan fingerprint density at radius 1 is 1.21 bits per heavy atom. The highest BCUT2D eigenvalue weighted by molar-refractivity contribution is 6.30. The Bertz CT molecular complexity index is 685. The van der Waals surface area contributed by atoms with E-state index in [4.69, 9.17) is 21.1 Å². The van der Waals surface area contributed by atoms with Crippen LogP contribution >= 0.6 is 11.6 Å². The molecular weight excluding hydrogens is 326 g/mol. The fourth-order valence-electron chi connectivity index (χ4n) is 2.63. The van der Waals surface area contributed by atoms with Crippen molar-refractivity contribution in [2.75, 3.05) is 19.7 Å². The third-order valence-corrected chi connectivity index (χ3v) is 4.20. The summed E-state index contributed by atoms with van der Waals surface area (Å²) in [6.45, 7) is 4.31. The van der Waals surface area contributed by atoms with Crippen LogP contribution in [0.3, 0.4) is 0 Å². The standard InChI is InChI=1S/C19H20ClNO3/c1-14-12-21(10-11-23-14)19(22)16-4-2-15(3-5-16)13-24-18-8-6-17(20)7-9-18/h2-9,14H,10-13H2,1H3. The highest BCUT2D eigenvalue weighted by atomic mass is 35.5. The van der Waals surface area contributed by atoms with Gasteiger partial charge in [-0.3, -0.25) is 4.79 Å². The number of ether oxygens (including phenoxy) is 2. The van der Waals surface area contributed by atoms with Crippen LogP contribution < -0.4 is 4.74 Å². The normalized spacial score (nSPS) is 17.6. The second-order valence-electron chi connectivity index (χ2n) is 5.87. The van der Waals surface area contributed by atoms with Gasteiger partial charge in [0.2, 0.25) is 0 Å². The first-order chi connectivity index (χ1) is 11.6. The number of halogens is 1. The van der Waals surface area contributed by atoms with Crippen molar-refractivity contribution in [2.24, 2.45) is 0 Å². The first-order valence-corrected chi connectivity index (χ1v) is 8.38. The summed E-state index contributed by atoms with van der Waals surface area (Å²) in [7, 11) is 0. The minimum Gasteiger partial charge on any atom is -0.489 e. The molecule has 1 atom stereocenters. The van der Waals surface area contributed by atoms with Crippen LogP contribution in [0.4, 0.5) is 0 Å². The van der Waals surface area contributed by atoms with Crippen molar-refractivity contribution in [1.82, 2.24) is 4.90 Å². The van der Waals surface area contributed by atoms with Gasteiger partial charge in [0.05, 0.1) is 12.7 Å². The highest BCUT2D eigenvalue weighted by Crippen LogP contribution is 2.17. The third kappa shape index (κ3) is 4.28. The van der Waals surface area contributed by atoms with Gasteiger partial charge in [0, 0.05) is 23.7 Å². The van der Waals surface area contributed by atoms with Crippen molar-refractivity contribution in [3.8, 4) is 5.75 Å². The van der Waals surface area contributed by atoms with Gasteiger partial charge >= 0.3 is 0 Å². The lowest BCUT2D eigenvalue weighted by molar-refractivity contribution is -0.0124. The summed E-state index contributed by atoms with van der Waals surface area (Å²) in [5.74, 6) is 0.817. The largest absolute Gasteiger partial charge is 0.489 e. The number of benzene rings is 2. The van der Waals surface area contributed by atoms with Gasteiger partial charge in [-0.2, -0.15) is 0 Å². The molecular formula is C19H20ClNO3. The average Bonchev–Trinajstić information content (AvgIpc) is 2.61. The molecule has 2 aromatic rings. The van der Waals surface area contributed by atoms with Crippen LogP contribution in [0.25, 0.3) is 0 Å². The second-order valence-corrected chi connectivity index (χ2v) is 6.31. The van der Waals surface area contributed by atoms with Crippen molar-refractivity contribution in [3.63, 3.8) is 0 Å². The maximum atomic E-state index is 12.5. The Morgan fingerprint density at radius 2 is 1.92 bits per heavy atom. The number of carbonyl (C=O) groups is 1. The molecule has 1 unspecified atom stereocenters. The zero-order valence-corrected chi connectivity index (χ0v) is 14.3. The van der Waals surface area contributed by atoms with E-state index in [0.717, 1.165) is 11.3 Å². The smallest absolute Gasteiger partial charge is 0.254 e. The summed E-state index contributed by atoms with van der Waals surface area (Å²) < 4.78 is 11.2. The molecule has 1 amide bonds. The summed E-state index contributed by atoms with van der Waals surface area (Å²) in [6, 6.07) is 14.8. The summed E-state index contributed by atoms with van der Waals surface area (Å²) in [5, 5.41) is 0.683. The van der Waals surface area contributed by atoms with E-state index >= 15 is 0 Å². The predicted molar refractivity (Wildman–Crippen MR) is 93.5 cm³/mol. The van der Waals surface area contributed by atoms with Gasteiger partial charge in [0.15, 0.2) is 0 Å². The van der Waals surface area contributed by atoms with Crippen molar-refractivity contribution in [3.05, 3.63) is 64.7 Å². The molecule has 1 fully saturated rings. The summed E-state index contributed by atoms with van der Waals surface area (Å²) in [5.41, 5.74) is 1.70. The maximum absolute atomic E-state index is 12.5. The molecule has 1 aliphatic rings. The Labute approximate surface area is 146 Å². The van der Waals surface area contributed by atoms with E-state index in [1.165, 1.54) is 0 Å². The molecule has 0 aliphatic carbocycles. The molecule has 5 heteroatoms. The van der Waals surface area contributed by atoms with E-state index in [1.807, 2.05) is 48.2 Å². The van der Waals surface area contributed by atoms with Crippen LogP contribution in [0.2, 0.25) is 5.02 Å². The van der Waals surface area contributed by atoms with Crippen LogP contribution in [0, 0.1) is 0 Å². The van der Waals surface area contributed by atoms with Crippen LogP contribution in [0.5, 0.6) is 5.75 Å². The molecule has 0 N–H and O–H groups in total. The second kappa shape index (κ2) is 7.69. The van der Waals surface area contributed by atoms with Crippen LogP contribution in [0.15, 0.2) is 48.5 Å². The molecule has 24 heavy (non-hydrogen) atoms. The van der Waals surface area contributed by atoms with Gasteiger partial charge in [-0.05, 0) is 48.9 Å². The van der Waals surface area contributed by atoms with Crippen molar-refractivity contribution >= 4 is 17.5 Å². The molecule has 1 heterocycles. The topological polar surface area (TPSA) is 38.8 Å². The number of rotatable bonds is 4. The number of carbonyl (C=O) groups excluding carboxylic acids is 1. The summed E-state index contributed by atoms with van der Waals surface area (Å²) in [6.07, 6.45) is 0.0924. The van der Waals surface area contributed by atoms with Gasteiger partial charge in [-0.1, -0.05) is 23.7 Å². The first-order valence-electron chi connectivity index (χ1n) is 8.00. The fourth-order valence-corrected chi connectivity index (χ4v) is 2.75. The Hall–Kier alpha value is -2.04. The fraction of sp³-hybridized carbons (Fsp3) is 0.316. The maximum Gasteiger partial charge on any atom is 0.254 e. The zero-order chi connectivity index (χ0) is 16.9. The third-order valence-electron chi connectivity index (χ3n) is 3.95. The summed E-state index contributed by atoms with van der Waals surface area (Å²) in [4.78, 5) is 14.3. The monoisotopic (exact) mass is 345 g/mol. The van der Waals surface area contributed by atoms with Crippen molar-refractivity contribution in [2.45, 2.75) is 19.6 Å². The predicted octanol–water partition coefficient (Wildman–Crippen LogP) is 3.78. The molecule has 0 saturated carbocycles. The van der Waals surface area contributed by atoms with E-state index in [1.54, 1.807) is 12.1 Å². The van der Waals surface area contributed by atoms with Crippen LogP contribution in [-0.4, -0.2) is 36.6 Å². The number of amides is 1. The highest BCUT2D eigenvalue weighted by Gasteiger charge is 2.22. The van der Waals surface area contributed by atoms with E-state index in [0.29, 0.717) is 36.9 Å². The Kier molecular flexibility index (Phi) is 5.38. The van der Waals surface area contributed by atoms with Crippen LogP contribution in [0.1, 0.15) is 22.8 Å².